The number of rotatable bonds is 4. The van der Waals surface area contributed by atoms with Crippen LogP contribution in [0.3, 0.4) is 0 Å². The van der Waals surface area contributed by atoms with E-state index in [1.54, 1.807) is 12.3 Å². The molecule has 0 radical (unpaired) electrons. The highest BCUT2D eigenvalue weighted by Gasteiger charge is 2.45. The Kier molecular flexibility index (Phi) is 4.36. The minimum atomic E-state index is -0.283. The van der Waals surface area contributed by atoms with E-state index in [0.29, 0.717) is 18.1 Å². The molecule has 2 aliphatic carbocycles. The molecule has 1 unspecified atom stereocenters. The van der Waals surface area contributed by atoms with Crippen molar-refractivity contribution < 1.29 is 9.13 Å². The largest absolute Gasteiger partial charge is 0.423 e. The van der Waals surface area contributed by atoms with Crippen LogP contribution in [0.15, 0.2) is 36.7 Å². The molecule has 4 heterocycles. The minimum absolute atomic E-state index is 0.106. The first kappa shape index (κ1) is 20.6. The third-order valence-corrected chi connectivity index (χ3v) is 7.73. The molecule has 178 valence electrons. The van der Waals surface area contributed by atoms with Crippen molar-refractivity contribution in [2.24, 2.45) is 18.7 Å². The first-order valence-electron chi connectivity index (χ1n) is 12.0. The number of ether oxygens (including phenoxy) is 1. The first-order valence-corrected chi connectivity index (χ1v) is 12.0. The fourth-order valence-electron chi connectivity index (χ4n) is 6.18. The monoisotopic (exact) mass is 471 g/mol. The van der Waals surface area contributed by atoms with E-state index in [2.05, 4.69) is 15.2 Å². The number of hydrogen-bond acceptors (Lipinski definition) is 7. The second-order valence-corrected chi connectivity index (χ2v) is 9.89. The molecule has 35 heavy (non-hydrogen) atoms. The van der Waals surface area contributed by atoms with Crippen molar-refractivity contribution in [3.05, 3.63) is 53.7 Å². The van der Waals surface area contributed by atoms with E-state index in [9.17, 15) is 4.39 Å². The van der Waals surface area contributed by atoms with Crippen LogP contribution in [0.2, 0.25) is 0 Å². The van der Waals surface area contributed by atoms with Crippen LogP contribution in [0, 0.1) is 11.7 Å². The summed E-state index contributed by atoms with van der Waals surface area (Å²) in [6.45, 7) is 0.891. The van der Waals surface area contributed by atoms with Gasteiger partial charge in [0.15, 0.2) is 0 Å². The van der Waals surface area contributed by atoms with Crippen LogP contribution < -0.4 is 20.7 Å². The maximum Gasteiger partial charge on any atom is 0.324 e. The summed E-state index contributed by atoms with van der Waals surface area (Å²) in [7, 11) is 3.77. The number of fused-ring (bicyclic) bond motifs is 6. The zero-order chi connectivity index (χ0) is 23.8. The van der Waals surface area contributed by atoms with Gasteiger partial charge in [-0.25, -0.2) is 9.37 Å². The van der Waals surface area contributed by atoms with E-state index >= 15 is 0 Å². The van der Waals surface area contributed by atoms with E-state index < -0.39 is 0 Å². The molecule has 3 aromatic heterocycles. The lowest BCUT2D eigenvalue weighted by atomic mass is 10.0. The SMILES string of the molecule is CNc1cc(F)cc2c1Cc1nc(Oc3cnc4c(ccn4C)c3)nc(N3C[C@@H]4CC3[C@H](N)C4)c1-2. The minimum Gasteiger partial charge on any atom is -0.423 e. The summed E-state index contributed by atoms with van der Waals surface area (Å²) < 4.78 is 22.7. The topological polar surface area (TPSA) is 94.1 Å². The molecule has 3 N–H and O–H groups in total. The molecule has 1 saturated heterocycles. The Labute approximate surface area is 202 Å². The van der Waals surface area contributed by atoms with Crippen molar-refractivity contribution in [3.8, 4) is 22.9 Å². The molecule has 3 aliphatic rings. The molecule has 0 amide bonds. The van der Waals surface area contributed by atoms with Gasteiger partial charge in [-0.2, -0.15) is 9.97 Å². The third kappa shape index (κ3) is 3.11. The van der Waals surface area contributed by atoms with E-state index in [1.807, 2.05) is 37.0 Å². The van der Waals surface area contributed by atoms with Gasteiger partial charge in [-0.15, -0.1) is 0 Å². The van der Waals surface area contributed by atoms with E-state index in [1.165, 1.54) is 6.07 Å². The summed E-state index contributed by atoms with van der Waals surface area (Å²) in [5, 5.41) is 4.12. The normalized spacial score (nSPS) is 22.1. The lowest BCUT2D eigenvalue weighted by molar-refractivity contribution is 0.435. The summed E-state index contributed by atoms with van der Waals surface area (Å²) in [6.07, 6.45) is 6.33. The first-order chi connectivity index (χ1) is 17.0. The number of anilines is 2. The Morgan fingerprint density at radius 3 is 2.89 bits per heavy atom. The van der Waals surface area contributed by atoms with Crippen LogP contribution in [0.5, 0.6) is 11.8 Å². The van der Waals surface area contributed by atoms with Crippen LogP contribution in [0.4, 0.5) is 15.9 Å². The molecule has 2 bridgehead atoms. The van der Waals surface area contributed by atoms with Gasteiger partial charge in [0, 0.05) is 62.0 Å². The second kappa shape index (κ2) is 7.39. The molecule has 1 aliphatic heterocycles. The Morgan fingerprint density at radius 2 is 2.09 bits per heavy atom. The number of piperidine rings is 1. The smallest absolute Gasteiger partial charge is 0.324 e. The molecule has 9 heteroatoms. The Balaban J connectivity index is 1.36. The number of nitrogens with one attached hydrogen (secondary N) is 1. The van der Waals surface area contributed by atoms with E-state index in [0.717, 1.165) is 64.3 Å². The highest BCUT2D eigenvalue weighted by atomic mass is 19.1. The van der Waals surface area contributed by atoms with Crippen molar-refractivity contribution in [1.29, 1.82) is 0 Å². The van der Waals surface area contributed by atoms with Gasteiger partial charge in [0.1, 0.15) is 23.0 Å². The molecule has 3 atom stereocenters. The summed E-state index contributed by atoms with van der Waals surface area (Å²) in [5.74, 6) is 1.63. The fraction of sp³-hybridized carbons (Fsp3) is 0.346. The van der Waals surface area contributed by atoms with Gasteiger partial charge in [0.2, 0.25) is 0 Å². The van der Waals surface area contributed by atoms with E-state index in [-0.39, 0.29) is 23.9 Å². The molecular formula is C26H26FN7O. The maximum absolute atomic E-state index is 14.6. The van der Waals surface area contributed by atoms with Crippen LogP contribution in [0.1, 0.15) is 24.1 Å². The van der Waals surface area contributed by atoms with Crippen LogP contribution in [0.25, 0.3) is 22.2 Å². The van der Waals surface area contributed by atoms with Crippen molar-refractivity contribution in [3.63, 3.8) is 0 Å². The Bertz CT molecular complexity index is 1500. The van der Waals surface area contributed by atoms with Crippen molar-refractivity contribution in [2.75, 3.05) is 23.8 Å². The number of nitrogens with zero attached hydrogens (tertiary/aromatic N) is 5. The van der Waals surface area contributed by atoms with Gasteiger partial charge in [-0.1, -0.05) is 0 Å². The molecule has 7 rings (SSSR count). The standard InChI is InChI=1S/C26H26FN7O/c1-29-20-9-15(27)8-18-17(20)10-21-23(18)25(34-12-13-5-19(28)22(34)6-13)32-26(31-21)35-16-7-14-3-4-33(2)24(14)30-11-16/h3-4,7-9,11,13,19,22,29H,5-6,10,12,28H2,1-2H3/t13-,19+,22?/m0/s1. The number of nitrogens with two attached hydrogens (primary N) is 1. The van der Waals surface area contributed by atoms with Gasteiger partial charge >= 0.3 is 6.01 Å². The average Bonchev–Trinajstić information content (AvgIpc) is 3.60. The number of hydrogen-bond donors (Lipinski definition) is 2. The highest BCUT2D eigenvalue weighted by molar-refractivity contribution is 5.88. The van der Waals surface area contributed by atoms with E-state index in [4.69, 9.17) is 20.4 Å². The molecule has 1 aromatic carbocycles. The molecule has 0 spiro atoms. The maximum atomic E-state index is 14.6. The predicted octanol–water partition coefficient (Wildman–Crippen LogP) is 3.83. The zero-order valence-corrected chi connectivity index (χ0v) is 19.6. The van der Waals surface area contributed by atoms with Gasteiger partial charge in [0.25, 0.3) is 0 Å². The lowest BCUT2D eigenvalue weighted by Gasteiger charge is -2.33. The third-order valence-electron chi connectivity index (χ3n) is 7.73. The number of aryl methyl sites for hydroxylation is 1. The summed E-state index contributed by atoms with van der Waals surface area (Å²) in [5.41, 5.74) is 11.7. The number of aromatic nitrogens is 4. The van der Waals surface area contributed by atoms with Crippen LogP contribution in [-0.2, 0) is 13.5 Å². The molecule has 4 aromatic rings. The Morgan fingerprint density at radius 1 is 1.20 bits per heavy atom. The van der Waals surface area contributed by atoms with Gasteiger partial charge in [0.05, 0.1) is 11.9 Å². The Hall–Kier alpha value is -3.72. The quantitative estimate of drug-likeness (QED) is 0.411. The zero-order valence-electron chi connectivity index (χ0n) is 19.6. The molecule has 8 nitrogen and oxygen atoms in total. The molecule has 1 saturated carbocycles. The van der Waals surface area contributed by atoms with Crippen molar-refractivity contribution in [1.82, 2.24) is 19.5 Å². The van der Waals surface area contributed by atoms with Crippen LogP contribution >= 0.6 is 0 Å². The van der Waals surface area contributed by atoms with Gasteiger partial charge < -0.3 is 25.3 Å². The summed E-state index contributed by atoms with van der Waals surface area (Å²) in [4.78, 5) is 16.5. The summed E-state index contributed by atoms with van der Waals surface area (Å²) in [6, 6.07) is 7.66. The average molecular weight is 472 g/mol. The van der Waals surface area contributed by atoms with Gasteiger partial charge in [-0.3, -0.25) is 0 Å². The number of pyridine rings is 1. The summed E-state index contributed by atoms with van der Waals surface area (Å²) >= 11 is 0. The number of halogens is 1. The van der Waals surface area contributed by atoms with Gasteiger partial charge in [-0.05, 0) is 54.2 Å². The fourth-order valence-corrected chi connectivity index (χ4v) is 6.18. The van der Waals surface area contributed by atoms with Crippen molar-refractivity contribution >= 4 is 22.5 Å². The molecular weight excluding hydrogens is 445 g/mol. The van der Waals surface area contributed by atoms with Crippen molar-refractivity contribution in [2.45, 2.75) is 31.3 Å². The lowest BCUT2D eigenvalue weighted by Crippen LogP contribution is -2.46. The second-order valence-electron chi connectivity index (χ2n) is 9.89. The highest BCUT2D eigenvalue weighted by Crippen LogP contribution is 2.49. The van der Waals surface area contributed by atoms with Crippen LogP contribution in [-0.4, -0.2) is 45.2 Å². The predicted molar refractivity (Wildman–Crippen MR) is 132 cm³/mol. The number of benzene rings is 1. The molecule has 2 fully saturated rings.